The van der Waals surface area contributed by atoms with E-state index in [4.69, 9.17) is 5.10 Å². The zero-order valence-corrected chi connectivity index (χ0v) is 24.6. The molecule has 0 saturated heterocycles. The van der Waals surface area contributed by atoms with Crippen LogP contribution >= 0.6 is 11.8 Å². The minimum absolute atomic E-state index is 0.0689. The quantitative estimate of drug-likeness (QED) is 0.337. The first-order chi connectivity index (χ1) is 19.6. The lowest BCUT2D eigenvalue weighted by Crippen LogP contribution is -2.62. The van der Waals surface area contributed by atoms with E-state index in [2.05, 4.69) is 34.9 Å². The highest BCUT2D eigenvalue weighted by Gasteiger charge is 2.68. The van der Waals surface area contributed by atoms with Gasteiger partial charge in [-0.25, -0.2) is 19.6 Å². The van der Waals surface area contributed by atoms with E-state index in [0.717, 1.165) is 42.9 Å². The summed E-state index contributed by atoms with van der Waals surface area (Å²) in [7, 11) is 0. The predicted molar refractivity (Wildman–Crippen MR) is 156 cm³/mol. The number of carbonyl (C=O) groups is 1. The van der Waals surface area contributed by atoms with Crippen LogP contribution in [-0.4, -0.2) is 58.2 Å². The molecule has 2 N–H and O–H groups in total. The molecular formula is C32H37N5O3S. The Labute approximate surface area is 244 Å². The number of aryl methyl sites for hydroxylation is 1. The Morgan fingerprint density at radius 2 is 2.02 bits per heavy atom. The van der Waals surface area contributed by atoms with E-state index in [1.54, 1.807) is 12.4 Å². The van der Waals surface area contributed by atoms with Gasteiger partial charge in [-0.05, 0) is 98.5 Å². The molecule has 41 heavy (non-hydrogen) atoms. The summed E-state index contributed by atoms with van der Waals surface area (Å²) >= 11 is 1.28. The number of rotatable bonds is 5. The zero-order valence-electron chi connectivity index (χ0n) is 23.8. The average Bonchev–Trinajstić information content (AvgIpc) is 3.48. The summed E-state index contributed by atoms with van der Waals surface area (Å²) in [6, 6.07) is 7.67. The van der Waals surface area contributed by atoms with E-state index in [-0.39, 0.29) is 34.7 Å². The number of carbonyl (C=O) groups excluding carboxylic acids is 1. The molecule has 7 atom stereocenters. The molecule has 3 heterocycles. The number of Topliss-reactive ketones (excluding diaryl/α,β-unsaturated/α-hetero) is 1. The van der Waals surface area contributed by atoms with Crippen molar-refractivity contribution < 1.29 is 15.0 Å². The van der Waals surface area contributed by atoms with Crippen molar-refractivity contribution in [1.29, 1.82) is 0 Å². The fourth-order valence-corrected chi connectivity index (χ4v) is 9.90. The van der Waals surface area contributed by atoms with E-state index in [1.807, 2.05) is 42.1 Å². The zero-order chi connectivity index (χ0) is 28.6. The lowest BCUT2D eigenvalue weighted by Gasteiger charge is -2.60. The summed E-state index contributed by atoms with van der Waals surface area (Å²) in [5, 5.41) is 29.2. The molecule has 4 aliphatic carbocycles. The number of allylic oxidation sites excluding steroid dienone is 1. The number of nitrogens with zero attached hydrogens (tertiary/aromatic N) is 5. The fraction of sp³-hybridized carbons (Fsp3) is 0.531. The summed E-state index contributed by atoms with van der Waals surface area (Å²) in [5.41, 5.74) is 2.16. The molecule has 5 unspecified atom stereocenters. The lowest BCUT2D eigenvalue weighted by molar-refractivity contribution is -0.177. The summed E-state index contributed by atoms with van der Waals surface area (Å²) < 4.78 is 1.92. The molecular weight excluding hydrogens is 534 g/mol. The molecule has 3 fully saturated rings. The number of hydrogen-bond donors (Lipinski definition) is 2. The van der Waals surface area contributed by atoms with Gasteiger partial charge in [0.05, 0.1) is 23.7 Å². The van der Waals surface area contributed by atoms with Crippen molar-refractivity contribution in [2.75, 3.05) is 5.75 Å². The normalized spacial score (nSPS) is 35.6. The number of ketones is 1. The van der Waals surface area contributed by atoms with Crippen molar-refractivity contribution in [1.82, 2.24) is 24.7 Å². The number of aliphatic hydroxyl groups excluding tert-OH is 1. The van der Waals surface area contributed by atoms with Gasteiger partial charge < -0.3 is 10.2 Å². The van der Waals surface area contributed by atoms with Gasteiger partial charge in [0, 0.05) is 23.5 Å². The Morgan fingerprint density at radius 1 is 1.17 bits per heavy atom. The maximum Gasteiger partial charge on any atom is 0.188 e. The van der Waals surface area contributed by atoms with E-state index in [1.165, 1.54) is 22.9 Å². The minimum Gasteiger partial charge on any atom is -0.393 e. The van der Waals surface area contributed by atoms with Crippen LogP contribution in [0.5, 0.6) is 0 Å². The number of thioether (sulfide) groups is 1. The van der Waals surface area contributed by atoms with Crippen molar-refractivity contribution in [3.63, 3.8) is 0 Å². The standard InChI is InChI=1S/C32H37N5O3S/c1-19-10-13-34-29(36-19)41-18-26(39)32(40)11-9-23-22-8-7-21-14-24-20(17-35-37(24)27-6-4-5-12-33-27)15-30(21,2)28(22)25(38)16-31(23,32)3/h4-6,10,12-14,17,22-23,25,28,38,40H,7-9,11,15-16,18H2,1-3H3/t22?,23?,25-,28?,30?,31?,32-/m0/s1. The first-order valence-electron chi connectivity index (χ1n) is 14.7. The van der Waals surface area contributed by atoms with Crippen molar-refractivity contribution >= 4 is 23.6 Å². The molecule has 214 valence electrons. The first kappa shape index (κ1) is 27.0. The van der Waals surface area contributed by atoms with Gasteiger partial charge in [-0.2, -0.15) is 5.10 Å². The fourth-order valence-electron chi connectivity index (χ4n) is 9.05. The van der Waals surface area contributed by atoms with Gasteiger partial charge in [-0.15, -0.1) is 0 Å². The number of pyridine rings is 1. The molecule has 7 rings (SSSR count). The molecule has 0 bridgehead atoms. The number of hydrogen-bond acceptors (Lipinski definition) is 8. The maximum absolute atomic E-state index is 13.7. The molecule has 0 aromatic carbocycles. The summed E-state index contributed by atoms with van der Waals surface area (Å²) in [6.07, 6.45) is 11.5. The Kier molecular flexibility index (Phi) is 6.30. The van der Waals surface area contributed by atoms with Crippen LogP contribution < -0.4 is 0 Å². The SMILES string of the molecule is Cc1ccnc(SCC(=O)[C@@]2(O)CCC3C4CCC5=Cc6c(cnn6-c6ccccn6)CC5(C)C4[C@@H](O)CC32C)n1. The average molecular weight is 572 g/mol. The minimum atomic E-state index is -1.46. The van der Waals surface area contributed by atoms with Crippen LogP contribution in [0.15, 0.2) is 53.6 Å². The van der Waals surface area contributed by atoms with Gasteiger partial charge in [-0.1, -0.05) is 37.2 Å². The Bertz CT molecular complexity index is 1540. The number of fused-ring (bicyclic) bond motifs is 6. The molecule has 3 aromatic heterocycles. The second kappa shape index (κ2) is 9.57. The third-order valence-corrected chi connectivity index (χ3v) is 11.9. The predicted octanol–water partition coefficient (Wildman–Crippen LogP) is 4.61. The van der Waals surface area contributed by atoms with E-state index in [9.17, 15) is 15.0 Å². The van der Waals surface area contributed by atoms with Crippen LogP contribution in [0.3, 0.4) is 0 Å². The highest BCUT2D eigenvalue weighted by Crippen LogP contribution is 2.67. The second-order valence-corrected chi connectivity index (χ2v) is 14.0. The van der Waals surface area contributed by atoms with Gasteiger partial charge in [0.2, 0.25) is 0 Å². The molecule has 0 aliphatic heterocycles. The smallest absolute Gasteiger partial charge is 0.188 e. The highest BCUT2D eigenvalue weighted by molar-refractivity contribution is 7.99. The third-order valence-electron chi connectivity index (χ3n) is 11.0. The van der Waals surface area contributed by atoms with Crippen LogP contribution in [-0.2, 0) is 11.2 Å². The maximum atomic E-state index is 13.7. The van der Waals surface area contributed by atoms with Crippen molar-refractivity contribution in [3.05, 3.63) is 65.4 Å². The molecule has 4 aliphatic rings. The van der Waals surface area contributed by atoms with Crippen LogP contribution in [0.25, 0.3) is 11.9 Å². The molecule has 8 nitrogen and oxygen atoms in total. The summed E-state index contributed by atoms with van der Waals surface area (Å²) in [4.78, 5) is 26.8. The van der Waals surface area contributed by atoms with E-state index in [0.29, 0.717) is 18.0 Å². The lowest BCUT2D eigenvalue weighted by atomic mass is 9.45. The molecule has 9 heteroatoms. The molecule has 3 aromatic rings. The van der Waals surface area contributed by atoms with Crippen molar-refractivity contribution in [3.8, 4) is 5.82 Å². The van der Waals surface area contributed by atoms with Crippen LogP contribution in [0.4, 0.5) is 0 Å². The van der Waals surface area contributed by atoms with Crippen LogP contribution in [0.1, 0.15) is 62.9 Å². The topological polar surface area (TPSA) is 114 Å². The molecule has 0 spiro atoms. The highest BCUT2D eigenvalue weighted by atomic mass is 32.2. The van der Waals surface area contributed by atoms with Crippen LogP contribution in [0.2, 0.25) is 0 Å². The monoisotopic (exact) mass is 571 g/mol. The number of aromatic nitrogens is 5. The van der Waals surface area contributed by atoms with Gasteiger partial charge >= 0.3 is 0 Å². The third kappa shape index (κ3) is 3.99. The van der Waals surface area contributed by atoms with E-state index >= 15 is 0 Å². The van der Waals surface area contributed by atoms with Gasteiger partial charge in [0.1, 0.15) is 5.60 Å². The first-order valence-corrected chi connectivity index (χ1v) is 15.7. The summed E-state index contributed by atoms with van der Waals surface area (Å²) in [6.45, 7) is 6.27. The molecule has 0 radical (unpaired) electrons. The van der Waals surface area contributed by atoms with E-state index < -0.39 is 17.1 Å². The van der Waals surface area contributed by atoms with Gasteiger partial charge in [0.15, 0.2) is 16.8 Å². The van der Waals surface area contributed by atoms with Gasteiger partial charge in [-0.3, -0.25) is 4.79 Å². The molecule has 3 saturated carbocycles. The van der Waals surface area contributed by atoms with Crippen molar-refractivity contribution in [2.45, 2.75) is 76.2 Å². The van der Waals surface area contributed by atoms with Crippen molar-refractivity contribution in [2.24, 2.45) is 28.6 Å². The Morgan fingerprint density at radius 3 is 2.80 bits per heavy atom. The molecule has 0 amide bonds. The second-order valence-electron chi connectivity index (χ2n) is 13.0. The largest absolute Gasteiger partial charge is 0.393 e. The van der Waals surface area contributed by atoms with Crippen LogP contribution in [0, 0.1) is 35.5 Å². The van der Waals surface area contributed by atoms with Gasteiger partial charge in [0.25, 0.3) is 0 Å². The number of aliphatic hydroxyl groups is 2. The summed E-state index contributed by atoms with van der Waals surface area (Å²) in [5.74, 6) is 1.25. The Balaban J connectivity index is 1.16. The Hall–Kier alpha value is -2.88.